The Morgan fingerprint density at radius 3 is 2.40 bits per heavy atom. The van der Waals surface area contributed by atoms with E-state index in [-0.39, 0.29) is 12.4 Å². The SMILES string of the molecule is COC(=O)CCCC(CCC(=O)O)C1CCC(C)C1C. The molecule has 116 valence electrons. The van der Waals surface area contributed by atoms with E-state index >= 15 is 0 Å². The minimum absolute atomic E-state index is 0.171. The van der Waals surface area contributed by atoms with Crippen LogP contribution in [0.15, 0.2) is 0 Å². The van der Waals surface area contributed by atoms with Crippen molar-refractivity contribution in [2.45, 2.75) is 58.8 Å². The lowest BCUT2D eigenvalue weighted by molar-refractivity contribution is -0.141. The van der Waals surface area contributed by atoms with Crippen molar-refractivity contribution in [3.63, 3.8) is 0 Å². The summed E-state index contributed by atoms with van der Waals surface area (Å²) in [7, 11) is 1.41. The van der Waals surface area contributed by atoms with Gasteiger partial charge >= 0.3 is 11.9 Å². The smallest absolute Gasteiger partial charge is 0.305 e. The lowest BCUT2D eigenvalue weighted by atomic mass is 9.78. The van der Waals surface area contributed by atoms with E-state index in [4.69, 9.17) is 5.11 Å². The first-order valence-electron chi connectivity index (χ1n) is 7.74. The van der Waals surface area contributed by atoms with E-state index in [2.05, 4.69) is 18.6 Å². The Hall–Kier alpha value is -1.06. The van der Waals surface area contributed by atoms with E-state index < -0.39 is 5.97 Å². The quantitative estimate of drug-likeness (QED) is 0.693. The van der Waals surface area contributed by atoms with Crippen molar-refractivity contribution in [2.75, 3.05) is 7.11 Å². The van der Waals surface area contributed by atoms with Gasteiger partial charge in [-0.1, -0.05) is 20.3 Å². The lowest BCUT2D eigenvalue weighted by Gasteiger charge is -2.28. The Labute approximate surface area is 121 Å². The Bertz CT molecular complexity index is 326. The molecular weight excluding hydrogens is 256 g/mol. The largest absolute Gasteiger partial charge is 0.481 e. The molecule has 4 nitrogen and oxygen atoms in total. The molecule has 1 saturated carbocycles. The summed E-state index contributed by atoms with van der Waals surface area (Å²) in [6, 6.07) is 0. The van der Waals surface area contributed by atoms with E-state index in [1.165, 1.54) is 20.0 Å². The van der Waals surface area contributed by atoms with Crippen LogP contribution < -0.4 is 0 Å². The number of carbonyl (C=O) groups excluding carboxylic acids is 1. The van der Waals surface area contributed by atoms with Crippen LogP contribution in [0.3, 0.4) is 0 Å². The molecule has 4 unspecified atom stereocenters. The number of methoxy groups -OCH3 is 1. The summed E-state index contributed by atoms with van der Waals surface area (Å²) < 4.78 is 4.66. The van der Waals surface area contributed by atoms with Gasteiger partial charge in [0.15, 0.2) is 0 Å². The minimum Gasteiger partial charge on any atom is -0.481 e. The van der Waals surface area contributed by atoms with Crippen LogP contribution in [-0.4, -0.2) is 24.2 Å². The van der Waals surface area contributed by atoms with Crippen LogP contribution in [0.25, 0.3) is 0 Å². The predicted molar refractivity (Wildman–Crippen MR) is 77.3 cm³/mol. The normalized spacial score (nSPS) is 27.2. The zero-order valence-electron chi connectivity index (χ0n) is 12.9. The maximum absolute atomic E-state index is 11.2. The summed E-state index contributed by atoms with van der Waals surface area (Å²) in [4.78, 5) is 22.0. The first-order chi connectivity index (χ1) is 9.45. The van der Waals surface area contributed by atoms with Crippen LogP contribution in [0.4, 0.5) is 0 Å². The molecule has 1 aliphatic carbocycles. The predicted octanol–water partition coefficient (Wildman–Crippen LogP) is 3.49. The molecule has 0 aliphatic heterocycles. The van der Waals surface area contributed by atoms with E-state index in [1.807, 2.05) is 0 Å². The molecule has 0 amide bonds. The fourth-order valence-corrected chi connectivity index (χ4v) is 3.56. The van der Waals surface area contributed by atoms with Crippen molar-refractivity contribution in [3.8, 4) is 0 Å². The maximum Gasteiger partial charge on any atom is 0.305 e. The molecule has 0 spiro atoms. The Balaban J connectivity index is 2.51. The summed E-state index contributed by atoms with van der Waals surface area (Å²) in [5.74, 6) is 1.54. The number of aliphatic carboxylic acids is 1. The molecular formula is C16H28O4. The van der Waals surface area contributed by atoms with E-state index in [9.17, 15) is 9.59 Å². The molecule has 0 saturated heterocycles. The van der Waals surface area contributed by atoms with Gasteiger partial charge in [0.2, 0.25) is 0 Å². The van der Waals surface area contributed by atoms with Crippen molar-refractivity contribution >= 4 is 11.9 Å². The second-order valence-electron chi connectivity index (χ2n) is 6.24. The highest BCUT2D eigenvalue weighted by Gasteiger charge is 2.35. The summed E-state index contributed by atoms with van der Waals surface area (Å²) >= 11 is 0. The monoisotopic (exact) mass is 284 g/mol. The standard InChI is InChI=1S/C16H28O4/c1-11-7-9-14(12(11)2)13(8-10-15(17)18)5-4-6-16(19)20-3/h11-14H,4-10H2,1-3H3,(H,17,18). The molecule has 0 aromatic heterocycles. The van der Waals surface area contributed by atoms with Crippen LogP contribution in [0.2, 0.25) is 0 Å². The van der Waals surface area contributed by atoms with Crippen molar-refractivity contribution < 1.29 is 19.4 Å². The van der Waals surface area contributed by atoms with Crippen molar-refractivity contribution in [1.82, 2.24) is 0 Å². The summed E-state index contributed by atoms with van der Waals surface area (Å²) in [5, 5.41) is 8.90. The van der Waals surface area contributed by atoms with Gasteiger partial charge in [-0.3, -0.25) is 9.59 Å². The molecule has 1 rings (SSSR count). The zero-order valence-corrected chi connectivity index (χ0v) is 12.9. The van der Waals surface area contributed by atoms with Gasteiger partial charge in [0, 0.05) is 12.8 Å². The topological polar surface area (TPSA) is 63.6 Å². The lowest BCUT2D eigenvalue weighted by Crippen LogP contribution is -2.21. The van der Waals surface area contributed by atoms with Crippen LogP contribution >= 0.6 is 0 Å². The van der Waals surface area contributed by atoms with Crippen LogP contribution in [-0.2, 0) is 14.3 Å². The molecule has 0 radical (unpaired) electrons. The number of carbonyl (C=O) groups is 2. The number of ether oxygens (including phenoxy) is 1. The highest BCUT2D eigenvalue weighted by atomic mass is 16.5. The fraction of sp³-hybridized carbons (Fsp3) is 0.875. The molecule has 0 aromatic rings. The number of esters is 1. The first kappa shape index (κ1) is 17.0. The maximum atomic E-state index is 11.2. The molecule has 1 fully saturated rings. The van der Waals surface area contributed by atoms with Crippen LogP contribution in [0, 0.1) is 23.7 Å². The van der Waals surface area contributed by atoms with Gasteiger partial charge in [-0.25, -0.2) is 0 Å². The number of hydrogen-bond donors (Lipinski definition) is 1. The molecule has 4 atom stereocenters. The van der Waals surface area contributed by atoms with E-state index in [1.54, 1.807) is 0 Å². The molecule has 0 bridgehead atoms. The fourth-order valence-electron chi connectivity index (χ4n) is 3.56. The summed E-state index contributed by atoms with van der Waals surface area (Å²) in [6.45, 7) is 4.57. The first-order valence-corrected chi connectivity index (χ1v) is 7.74. The van der Waals surface area contributed by atoms with Gasteiger partial charge in [-0.05, 0) is 49.4 Å². The van der Waals surface area contributed by atoms with Gasteiger partial charge in [0.1, 0.15) is 0 Å². The van der Waals surface area contributed by atoms with E-state index in [0.29, 0.717) is 24.2 Å². The van der Waals surface area contributed by atoms with Gasteiger partial charge < -0.3 is 9.84 Å². The third-order valence-electron chi connectivity index (χ3n) is 5.05. The Morgan fingerprint density at radius 2 is 1.90 bits per heavy atom. The van der Waals surface area contributed by atoms with Gasteiger partial charge in [-0.2, -0.15) is 0 Å². The van der Waals surface area contributed by atoms with Crippen LogP contribution in [0.1, 0.15) is 58.8 Å². The van der Waals surface area contributed by atoms with E-state index in [0.717, 1.165) is 25.2 Å². The van der Waals surface area contributed by atoms with Gasteiger partial charge in [0.05, 0.1) is 7.11 Å². The summed E-state index contributed by atoms with van der Waals surface area (Å²) in [5.41, 5.74) is 0. The molecule has 0 aromatic carbocycles. The average Bonchev–Trinajstić information content (AvgIpc) is 2.73. The third-order valence-corrected chi connectivity index (χ3v) is 5.05. The van der Waals surface area contributed by atoms with Crippen molar-refractivity contribution in [1.29, 1.82) is 0 Å². The van der Waals surface area contributed by atoms with Crippen LogP contribution in [0.5, 0.6) is 0 Å². The molecule has 1 aliphatic rings. The van der Waals surface area contributed by atoms with Gasteiger partial charge in [-0.15, -0.1) is 0 Å². The average molecular weight is 284 g/mol. The highest BCUT2D eigenvalue weighted by molar-refractivity contribution is 5.69. The second kappa shape index (κ2) is 8.28. The number of carboxylic acid groups (broad SMARTS) is 1. The highest BCUT2D eigenvalue weighted by Crippen LogP contribution is 2.43. The molecule has 4 heteroatoms. The van der Waals surface area contributed by atoms with Crippen molar-refractivity contribution in [3.05, 3.63) is 0 Å². The molecule has 20 heavy (non-hydrogen) atoms. The Kier molecular flexibility index (Phi) is 7.03. The zero-order chi connectivity index (χ0) is 15.1. The third kappa shape index (κ3) is 5.14. The molecule has 1 N–H and O–H groups in total. The van der Waals surface area contributed by atoms with Crippen molar-refractivity contribution in [2.24, 2.45) is 23.7 Å². The van der Waals surface area contributed by atoms with Gasteiger partial charge in [0.25, 0.3) is 0 Å². The number of hydrogen-bond acceptors (Lipinski definition) is 3. The second-order valence-corrected chi connectivity index (χ2v) is 6.24. The Morgan fingerprint density at radius 1 is 1.20 bits per heavy atom. The number of rotatable bonds is 8. The minimum atomic E-state index is -0.721. The molecule has 0 heterocycles. The summed E-state index contributed by atoms with van der Waals surface area (Å²) in [6.07, 6.45) is 5.59. The number of carboxylic acids is 1.